The van der Waals surface area contributed by atoms with Crippen molar-refractivity contribution >= 4 is 38.4 Å². The summed E-state index contributed by atoms with van der Waals surface area (Å²) >= 11 is 0. The van der Waals surface area contributed by atoms with E-state index in [-0.39, 0.29) is 18.7 Å². The third-order valence-electron chi connectivity index (χ3n) is 9.80. The first-order valence-electron chi connectivity index (χ1n) is 16.2. The van der Waals surface area contributed by atoms with Crippen molar-refractivity contribution in [1.29, 1.82) is 0 Å². The Bertz CT molecular complexity index is 1590. The largest absolute Gasteiger partial charge is 0.377 e. The fourth-order valence-corrected chi connectivity index (χ4v) is 8.37. The van der Waals surface area contributed by atoms with E-state index >= 15 is 0 Å². The fraction of sp³-hybridized carbons (Fsp3) is 0.559. The van der Waals surface area contributed by atoms with Crippen molar-refractivity contribution in [3.8, 4) is 5.82 Å². The third-order valence-corrected chi connectivity index (χ3v) is 11.5. The van der Waals surface area contributed by atoms with Crippen LogP contribution in [0.4, 0.5) is 5.69 Å². The van der Waals surface area contributed by atoms with Gasteiger partial charge in [0.05, 0.1) is 16.9 Å². The minimum absolute atomic E-state index is 0. The molecule has 0 spiro atoms. The first kappa shape index (κ1) is 30.8. The Labute approximate surface area is 262 Å². The predicted octanol–water partition coefficient (Wildman–Crippen LogP) is 5.53. The average molecular weight is 622 g/mol. The van der Waals surface area contributed by atoms with Gasteiger partial charge in [-0.25, -0.2) is 18.4 Å². The molecule has 0 unspecified atom stereocenters. The van der Waals surface area contributed by atoms with E-state index in [2.05, 4.69) is 44.8 Å². The molecular formula is C34H47N5O4S. The first-order valence-corrected chi connectivity index (χ1v) is 18.2. The van der Waals surface area contributed by atoms with Crippen LogP contribution in [0.5, 0.6) is 0 Å². The lowest BCUT2D eigenvalue weighted by atomic mass is 9.80. The Balaban J connectivity index is 0.00000400. The molecule has 2 aromatic heterocycles. The van der Waals surface area contributed by atoms with E-state index in [0.29, 0.717) is 37.1 Å². The van der Waals surface area contributed by atoms with E-state index in [1.165, 1.54) is 6.26 Å². The number of anilines is 1. The van der Waals surface area contributed by atoms with Crippen LogP contribution in [0.3, 0.4) is 0 Å². The Hall–Kier alpha value is -3.24. The minimum Gasteiger partial charge on any atom is -0.377 e. The highest BCUT2D eigenvalue weighted by Gasteiger charge is 2.33. The van der Waals surface area contributed by atoms with E-state index in [9.17, 15) is 13.2 Å². The van der Waals surface area contributed by atoms with Crippen molar-refractivity contribution in [2.75, 3.05) is 43.9 Å². The number of ether oxygens (including phenoxy) is 1. The Morgan fingerprint density at radius 2 is 1.84 bits per heavy atom. The van der Waals surface area contributed by atoms with Gasteiger partial charge in [-0.2, -0.15) is 0 Å². The number of sulfone groups is 1. The number of hydrogen-bond acceptors (Lipinski definition) is 7. The van der Waals surface area contributed by atoms with Gasteiger partial charge >= 0.3 is 0 Å². The Morgan fingerprint density at radius 1 is 1.05 bits per heavy atom. The lowest BCUT2D eigenvalue weighted by Gasteiger charge is -2.33. The van der Waals surface area contributed by atoms with Gasteiger partial charge in [-0.1, -0.05) is 12.1 Å². The van der Waals surface area contributed by atoms with Gasteiger partial charge < -0.3 is 19.1 Å². The van der Waals surface area contributed by atoms with E-state index in [1.54, 1.807) is 6.20 Å². The molecule has 1 saturated carbocycles. The monoisotopic (exact) mass is 621 g/mol. The number of carbonyl (C=O) groups excluding carboxylic acids is 1. The number of likely N-dealkylation sites (tertiary alicyclic amines) is 1. The van der Waals surface area contributed by atoms with Crippen LogP contribution >= 0.6 is 0 Å². The maximum Gasteiger partial charge on any atom is 0.225 e. The van der Waals surface area contributed by atoms with Gasteiger partial charge in [-0.3, -0.25) is 4.79 Å². The SMILES string of the molecule is CCO[C@H]1CCN(C(=O)C2CCC(C/C=C/c3nccc(-n4ccc5c(N6CCC(S(C)(=O)=O)CC6)cccc54)n3)CC2)C1.[HH]. The van der Waals surface area contributed by atoms with Gasteiger partial charge in [0.15, 0.2) is 5.82 Å². The van der Waals surface area contributed by atoms with Crippen LogP contribution in [0.1, 0.15) is 65.5 Å². The molecule has 3 aromatic rings. The van der Waals surface area contributed by atoms with Crippen molar-refractivity contribution in [3.63, 3.8) is 0 Å². The molecule has 0 bridgehead atoms. The smallest absolute Gasteiger partial charge is 0.225 e. The lowest BCUT2D eigenvalue weighted by Crippen LogP contribution is -2.39. The number of hydrogen-bond donors (Lipinski definition) is 0. The second kappa shape index (κ2) is 13.4. The molecule has 6 rings (SSSR count). The molecule has 3 fully saturated rings. The van der Waals surface area contributed by atoms with E-state index < -0.39 is 9.84 Å². The molecule has 2 aliphatic heterocycles. The molecule has 4 heterocycles. The lowest BCUT2D eigenvalue weighted by molar-refractivity contribution is -0.136. The maximum atomic E-state index is 13.0. The van der Waals surface area contributed by atoms with Gasteiger partial charge in [0.1, 0.15) is 15.7 Å². The number of allylic oxidation sites excluding steroid dienone is 1. The molecule has 0 N–H and O–H groups in total. The molecule has 3 aliphatic rings. The van der Waals surface area contributed by atoms with Gasteiger partial charge in [0, 0.05) is 69.9 Å². The molecule has 44 heavy (non-hydrogen) atoms. The summed E-state index contributed by atoms with van der Waals surface area (Å²) < 4.78 is 31.9. The third kappa shape index (κ3) is 6.86. The number of amides is 1. The molecule has 1 atom stereocenters. The van der Waals surface area contributed by atoms with Crippen LogP contribution < -0.4 is 4.90 Å². The maximum absolute atomic E-state index is 13.0. The summed E-state index contributed by atoms with van der Waals surface area (Å²) in [4.78, 5) is 26.7. The Morgan fingerprint density at radius 3 is 2.59 bits per heavy atom. The number of benzene rings is 1. The molecule has 238 valence electrons. The molecule has 1 aliphatic carbocycles. The first-order chi connectivity index (χ1) is 21.3. The second-order valence-electron chi connectivity index (χ2n) is 12.7. The van der Waals surface area contributed by atoms with Gasteiger partial charge in [-0.05, 0) is 94.5 Å². The number of nitrogens with zero attached hydrogens (tertiary/aromatic N) is 5. The summed E-state index contributed by atoms with van der Waals surface area (Å²) in [6, 6.07) is 10.3. The molecule has 1 aromatic carbocycles. The summed E-state index contributed by atoms with van der Waals surface area (Å²) in [6.45, 7) is 5.77. The fourth-order valence-electron chi connectivity index (χ4n) is 7.30. The summed E-state index contributed by atoms with van der Waals surface area (Å²) in [5.74, 6) is 2.57. The van der Waals surface area contributed by atoms with Crippen LogP contribution in [0.25, 0.3) is 22.8 Å². The summed E-state index contributed by atoms with van der Waals surface area (Å²) in [7, 11) is -3.00. The number of fused-ring (bicyclic) bond motifs is 1. The standard InChI is InChI=1S/C34H45N5O4S.H2/c1-3-43-27-15-20-38(24-27)34(40)26-12-10-25(11-13-26)6-4-9-32-35-19-14-33(36-32)39-23-18-29-30(7-5-8-31(29)39)37-21-16-28(17-22-37)44(2,41)42;/h4-5,7-9,14,18-19,23,25-28H,3,6,10-13,15-17,20-22,24H2,1-2H3;1H/b9-4+;/t25?,26?,27-;/m0./s1. The zero-order valence-electron chi connectivity index (χ0n) is 26.0. The topological polar surface area (TPSA) is 97.6 Å². The van der Waals surface area contributed by atoms with Crippen LogP contribution in [0, 0.1) is 11.8 Å². The number of aromatic nitrogens is 3. The predicted molar refractivity (Wildman–Crippen MR) is 177 cm³/mol. The molecule has 2 saturated heterocycles. The van der Waals surface area contributed by atoms with Crippen LogP contribution in [-0.4, -0.2) is 84.2 Å². The van der Waals surface area contributed by atoms with Crippen LogP contribution in [-0.2, 0) is 19.4 Å². The van der Waals surface area contributed by atoms with E-state index in [0.717, 1.165) is 87.1 Å². The van der Waals surface area contributed by atoms with Gasteiger partial charge in [0.2, 0.25) is 5.91 Å². The molecule has 1 amide bonds. The number of piperidine rings is 1. The van der Waals surface area contributed by atoms with Crippen molar-refractivity contribution in [2.45, 2.75) is 69.6 Å². The molecule has 0 radical (unpaired) electrons. The van der Waals surface area contributed by atoms with E-state index in [4.69, 9.17) is 9.72 Å². The number of rotatable bonds is 9. The van der Waals surface area contributed by atoms with Crippen LogP contribution in [0.15, 0.2) is 48.8 Å². The summed E-state index contributed by atoms with van der Waals surface area (Å²) in [5.41, 5.74) is 2.20. The highest BCUT2D eigenvalue weighted by molar-refractivity contribution is 7.91. The Kier molecular flexibility index (Phi) is 9.37. The number of carbonyl (C=O) groups is 1. The average Bonchev–Trinajstić information content (AvgIpc) is 3.69. The molecular weight excluding hydrogens is 574 g/mol. The quantitative estimate of drug-likeness (QED) is 0.310. The highest BCUT2D eigenvalue weighted by atomic mass is 32.2. The van der Waals surface area contributed by atoms with Crippen molar-refractivity contribution in [3.05, 3.63) is 54.6 Å². The second-order valence-corrected chi connectivity index (χ2v) is 15.0. The summed E-state index contributed by atoms with van der Waals surface area (Å²) in [6.07, 6.45) is 16.9. The zero-order valence-corrected chi connectivity index (χ0v) is 26.8. The van der Waals surface area contributed by atoms with Crippen molar-refractivity contribution in [1.82, 2.24) is 19.4 Å². The normalized spacial score (nSPS) is 23.6. The molecule has 10 heteroatoms. The molecule has 9 nitrogen and oxygen atoms in total. The zero-order chi connectivity index (χ0) is 30.7. The van der Waals surface area contributed by atoms with Crippen molar-refractivity contribution in [2.24, 2.45) is 11.8 Å². The van der Waals surface area contributed by atoms with Gasteiger partial charge in [0.25, 0.3) is 0 Å². The minimum atomic E-state index is -3.00. The highest BCUT2D eigenvalue weighted by Crippen LogP contribution is 2.34. The van der Waals surface area contributed by atoms with Crippen molar-refractivity contribution < 1.29 is 19.4 Å². The van der Waals surface area contributed by atoms with E-state index in [1.807, 2.05) is 30.2 Å². The van der Waals surface area contributed by atoms with Gasteiger partial charge in [-0.15, -0.1) is 0 Å². The summed E-state index contributed by atoms with van der Waals surface area (Å²) in [5, 5.41) is 0.887. The van der Waals surface area contributed by atoms with Crippen LogP contribution in [0.2, 0.25) is 0 Å².